The van der Waals surface area contributed by atoms with Crippen LogP contribution in [0.4, 0.5) is 0 Å². The van der Waals surface area contributed by atoms with Gasteiger partial charge in [0.05, 0.1) is 22.7 Å². The van der Waals surface area contributed by atoms with Crippen LogP contribution in [0.25, 0.3) is 38.1 Å². The quantitative estimate of drug-likeness (QED) is 0.421. The summed E-state index contributed by atoms with van der Waals surface area (Å²) >= 11 is 0. The molecule has 7 heteroatoms. The molecule has 1 fully saturated rings. The number of amides is 1. The Hall–Kier alpha value is -3.71. The van der Waals surface area contributed by atoms with Gasteiger partial charge in [-0.25, -0.2) is 0 Å². The minimum Gasteiger partial charge on any atom is -0.481 e. The number of carbonyl (C=O) groups is 1. The molecule has 0 radical (unpaired) electrons. The van der Waals surface area contributed by atoms with Gasteiger partial charge in [-0.2, -0.15) is 0 Å². The second-order valence-electron chi connectivity index (χ2n) is 8.56. The third kappa shape index (κ3) is 3.19. The van der Waals surface area contributed by atoms with Crippen LogP contribution < -0.4 is 15.6 Å². The normalized spacial score (nSPS) is 17.3. The number of carbonyl (C=O) groups excluding carboxylic acids is 1. The fraction of sp³-hybridized carbons (Fsp3) is 0.269. The lowest BCUT2D eigenvalue weighted by Crippen LogP contribution is -2.40. The van der Waals surface area contributed by atoms with Crippen molar-refractivity contribution in [2.24, 2.45) is 0 Å². The highest BCUT2D eigenvalue weighted by Gasteiger charge is 2.21. The van der Waals surface area contributed by atoms with Crippen molar-refractivity contribution in [2.45, 2.75) is 32.0 Å². The van der Waals surface area contributed by atoms with Crippen LogP contribution in [0.2, 0.25) is 0 Å². The molecule has 0 bridgehead atoms. The Balaban J connectivity index is 1.39. The van der Waals surface area contributed by atoms with Crippen LogP contribution in [-0.2, 0) is 9.53 Å². The molecule has 0 spiro atoms. The fourth-order valence-electron chi connectivity index (χ4n) is 4.84. The van der Waals surface area contributed by atoms with Gasteiger partial charge in [-0.15, -0.1) is 0 Å². The summed E-state index contributed by atoms with van der Waals surface area (Å²) in [5, 5.41) is 6.21. The van der Waals surface area contributed by atoms with Gasteiger partial charge in [-0.3, -0.25) is 19.0 Å². The van der Waals surface area contributed by atoms with Crippen molar-refractivity contribution in [3.05, 3.63) is 65.1 Å². The first-order chi connectivity index (χ1) is 16.1. The summed E-state index contributed by atoms with van der Waals surface area (Å²) in [5.74, 6) is 0.395. The van der Waals surface area contributed by atoms with Crippen LogP contribution >= 0.6 is 0 Å². The first kappa shape index (κ1) is 19.9. The fourth-order valence-corrected chi connectivity index (χ4v) is 4.84. The minimum absolute atomic E-state index is 0.0679. The van der Waals surface area contributed by atoms with Crippen LogP contribution in [0.5, 0.6) is 5.75 Å². The molecule has 3 aromatic heterocycles. The molecule has 1 aliphatic heterocycles. The van der Waals surface area contributed by atoms with E-state index in [1.165, 1.54) is 0 Å². The molecule has 1 aliphatic rings. The molecule has 1 N–H and O–H groups in total. The highest BCUT2D eigenvalue weighted by atomic mass is 16.5. The molecule has 0 saturated carbocycles. The number of benzene rings is 2. The Labute approximate surface area is 189 Å². The van der Waals surface area contributed by atoms with Gasteiger partial charge < -0.3 is 14.8 Å². The standard InChI is InChI=1S/C26H23N3O4/c1-15(25(30)28-14-17-5-4-12-32-17)33-16-8-9-22-21(13-16)19-10-11-27-23-18-6-2-3-7-20(18)26(31)29(22)24(19)23/h2-3,6-11,13,15,17H,4-5,12,14H2,1H3,(H,28,30)/t15-,17-/m0/s1. The number of nitrogens with zero attached hydrogens (tertiary/aromatic N) is 2. The molecule has 5 aromatic rings. The molecular formula is C26H23N3O4. The zero-order chi connectivity index (χ0) is 22.5. The van der Waals surface area contributed by atoms with E-state index in [1.807, 2.05) is 42.5 Å². The number of fused-ring (bicyclic) bond motifs is 5. The first-order valence-corrected chi connectivity index (χ1v) is 11.2. The maximum atomic E-state index is 13.3. The third-order valence-electron chi connectivity index (χ3n) is 6.47. The summed E-state index contributed by atoms with van der Waals surface area (Å²) in [7, 11) is 0. The van der Waals surface area contributed by atoms with E-state index in [2.05, 4.69) is 10.3 Å². The topological polar surface area (TPSA) is 81.9 Å². The van der Waals surface area contributed by atoms with Gasteiger partial charge in [-0.1, -0.05) is 18.2 Å². The number of rotatable bonds is 5. The van der Waals surface area contributed by atoms with E-state index in [1.54, 1.807) is 23.6 Å². The third-order valence-corrected chi connectivity index (χ3v) is 6.47. The van der Waals surface area contributed by atoms with Crippen molar-refractivity contribution in [3.63, 3.8) is 0 Å². The summed E-state index contributed by atoms with van der Waals surface area (Å²) in [6, 6.07) is 15.0. The van der Waals surface area contributed by atoms with E-state index in [4.69, 9.17) is 9.47 Å². The van der Waals surface area contributed by atoms with Crippen LogP contribution in [0, 0.1) is 0 Å². The van der Waals surface area contributed by atoms with Gasteiger partial charge in [0, 0.05) is 40.9 Å². The average Bonchev–Trinajstić information content (AvgIpc) is 3.48. The van der Waals surface area contributed by atoms with Crippen molar-refractivity contribution in [1.29, 1.82) is 0 Å². The highest BCUT2D eigenvalue weighted by Crippen LogP contribution is 2.34. The summed E-state index contributed by atoms with van der Waals surface area (Å²) < 4.78 is 13.3. The number of pyridine rings is 2. The Morgan fingerprint density at radius 3 is 2.85 bits per heavy atom. The Morgan fingerprint density at radius 1 is 1.18 bits per heavy atom. The van der Waals surface area contributed by atoms with E-state index >= 15 is 0 Å². The van der Waals surface area contributed by atoms with E-state index in [0.717, 1.165) is 52.2 Å². The summed E-state index contributed by atoms with van der Waals surface area (Å²) in [6.07, 6.45) is 3.20. The number of aromatic nitrogens is 2. The van der Waals surface area contributed by atoms with Crippen LogP contribution in [0.3, 0.4) is 0 Å². The predicted octanol–water partition coefficient (Wildman–Crippen LogP) is 3.65. The number of nitrogens with one attached hydrogen (secondary N) is 1. The van der Waals surface area contributed by atoms with Crippen LogP contribution in [0.15, 0.2) is 59.5 Å². The van der Waals surface area contributed by atoms with Crippen LogP contribution in [-0.4, -0.2) is 40.7 Å². The number of ether oxygens (including phenoxy) is 2. The molecular weight excluding hydrogens is 418 g/mol. The molecule has 0 aliphatic carbocycles. The van der Waals surface area contributed by atoms with E-state index in [0.29, 0.717) is 17.7 Å². The average molecular weight is 441 g/mol. The monoisotopic (exact) mass is 441 g/mol. The largest absolute Gasteiger partial charge is 0.481 e. The van der Waals surface area contributed by atoms with Gasteiger partial charge in [0.1, 0.15) is 5.75 Å². The lowest BCUT2D eigenvalue weighted by atomic mass is 10.1. The van der Waals surface area contributed by atoms with Crippen molar-refractivity contribution in [2.75, 3.05) is 13.2 Å². The van der Waals surface area contributed by atoms with Gasteiger partial charge in [0.2, 0.25) is 0 Å². The predicted molar refractivity (Wildman–Crippen MR) is 127 cm³/mol. The minimum atomic E-state index is -0.656. The molecule has 2 atom stereocenters. The molecule has 7 nitrogen and oxygen atoms in total. The smallest absolute Gasteiger partial charge is 0.263 e. The molecule has 4 heterocycles. The Morgan fingerprint density at radius 2 is 2.03 bits per heavy atom. The highest BCUT2D eigenvalue weighted by molar-refractivity contribution is 6.18. The second-order valence-corrected chi connectivity index (χ2v) is 8.56. The number of hydrogen-bond acceptors (Lipinski definition) is 5. The summed E-state index contributed by atoms with van der Waals surface area (Å²) in [5.41, 5.74) is 2.32. The first-order valence-electron chi connectivity index (χ1n) is 11.2. The lowest BCUT2D eigenvalue weighted by Gasteiger charge is -2.16. The summed E-state index contributed by atoms with van der Waals surface area (Å²) in [6.45, 7) is 2.98. The van der Waals surface area contributed by atoms with E-state index in [9.17, 15) is 9.59 Å². The molecule has 6 rings (SSSR count). The van der Waals surface area contributed by atoms with Gasteiger partial charge in [0.15, 0.2) is 6.10 Å². The number of hydrogen-bond donors (Lipinski definition) is 1. The van der Waals surface area contributed by atoms with Crippen molar-refractivity contribution >= 4 is 44.0 Å². The SMILES string of the molecule is C[C@H](Oc1ccc2c(c1)c1ccnc3c4ccccc4c(=O)n2c13)C(=O)NC[C@@H]1CCCO1. The van der Waals surface area contributed by atoms with E-state index in [-0.39, 0.29) is 17.6 Å². The van der Waals surface area contributed by atoms with Crippen LogP contribution in [0.1, 0.15) is 19.8 Å². The van der Waals surface area contributed by atoms with Crippen molar-refractivity contribution in [3.8, 4) is 5.75 Å². The van der Waals surface area contributed by atoms with Gasteiger partial charge in [0.25, 0.3) is 11.5 Å². The molecule has 2 aromatic carbocycles. The zero-order valence-electron chi connectivity index (χ0n) is 18.2. The maximum Gasteiger partial charge on any atom is 0.263 e. The molecule has 1 saturated heterocycles. The van der Waals surface area contributed by atoms with Crippen molar-refractivity contribution < 1.29 is 14.3 Å². The lowest BCUT2D eigenvalue weighted by molar-refractivity contribution is -0.127. The molecule has 1 amide bonds. The zero-order valence-corrected chi connectivity index (χ0v) is 18.2. The van der Waals surface area contributed by atoms with E-state index < -0.39 is 6.10 Å². The molecule has 33 heavy (non-hydrogen) atoms. The maximum absolute atomic E-state index is 13.3. The van der Waals surface area contributed by atoms with Gasteiger partial charge in [-0.05, 0) is 50.1 Å². The van der Waals surface area contributed by atoms with Crippen molar-refractivity contribution in [1.82, 2.24) is 14.7 Å². The molecule has 166 valence electrons. The Bertz CT molecular complexity index is 1570. The summed E-state index contributed by atoms with van der Waals surface area (Å²) in [4.78, 5) is 30.4. The second kappa shape index (κ2) is 7.71. The molecule has 0 unspecified atom stereocenters. The Kier molecular flexibility index (Phi) is 4.66. The van der Waals surface area contributed by atoms with Gasteiger partial charge >= 0.3 is 0 Å².